The lowest BCUT2D eigenvalue weighted by Gasteiger charge is -2.31. The highest BCUT2D eigenvalue weighted by atomic mass is 16.6. The van der Waals surface area contributed by atoms with E-state index in [4.69, 9.17) is 20.3 Å². The molecular weight excluding hydrogens is 194 g/mol. The molecule has 0 unspecified atom stereocenters. The predicted molar refractivity (Wildman–Crippen MR) is 60.8 cm³/mol. The molecule has 0 aromatic carbocycles. The van der Waals surface area contributed by atoms with Crippen LogP contribution in [0.2, 0.25) is 0 Å². The number of aliphatic hydroxyl groups is 1. The zero-order valence-corrected chi connectivity index (χ0v) is 10.4. The maximum atomic E-state index is 8.66. The highest BCUT2D eigenvalue weighted by Gasteiger charge is 2.24. The summed E-state index contributed by atoms with van der Waals surface area (Å²) < 4.78 is 11.2. The van der Waals surface area contributed by atoms with Crippen LogP contribution in [0.5, 0.6) is 0 Å². The molecule has 0 spiro atoms. The van der Waals surface area contributed by atoms with Crippen molar-refractivity contribution >= 4 is 0 Å². The molecular formula is C11H25NO3. The van der Waals surface area contributed by atoms with Gasteiger partial charge >= 0.3 is 0 Å². The first-order chi connectivity index (χ1) is 6.83. The Balaban J connectivity index is 3.90. The third-order valence-corrected chi connectivity index (χ3v) is 2.14. The summed E-state index contributed by atoms with van der Waals surface area (Å²) >= 11 is 0. The van der Waals surface area contributed by atoms with Gasteiger partial charge in [0.25, 0.3) is 0 Å². The topological polar surface area (TPSA) is 64.7 Å². The number of hydrogen-bond donors (Lipinski definition) is 2. The summed E-state index contributed by atoms with van der Waals surface area (Å²) in [5.41, 5.74) is 4.91. The van der Waals surface area contributed by atoms with Crippen LogP contribution in [0.3, 0.4) is 0 Å². The molecule has 0 fully saturated rings. The Hall–Kier alpha value is -0.160. The molecule has 0 rings (SSSR count). The fourth-order valence-electron chi connectivity index (χ4n) is 1.15. The quantitative estimate of drug-likeness (QED) is 0.637. The van der Waals surface area contributed by atoms with Crippen LogP contribution in [0.15, 0.2) is 0 Å². The monoisotopic (exact) mass is 219 g/mol. The molecule has 0 radical (unpaired) electrons. The van der Waals surface area contributed by atoms with Crippen molar-refractivity contribution in [1.29, 1.82) is 0 Å². The van der Waals surface area contributed by atoms with E-state index in [-0.39, 0.29) is 17.8 Å². The summed E-state index contributed by atoms with van der Waals surface area (Å²) in [7, 11) is 0. The molecule has 0 aliphatic rings. The molecule has 4 heteroatoms. The van der Waals surface area contributed by atoms with Gasteiger partial charge in [0.2, 0.25) is 0 Å². The van der Waals surface area contributed by atoms with Crippen LogP contribution in [0.4, 0.5) is 0 Å². The fourth-order valence-corrected chi connectivity index (χ4v) is 1.15. The van der Waals surface area contributed by atoms with Gasteiger partial charge in [0.15, 0.2) is 0 Å². The van der Waals surface area contributed by atoms with Crippen molar-refractivity contribution in [1.82, 2.24) is 0 Å². The van der Waals surface area contributed by atoms with E-state index in [1.807, 2.05) is 27.7 Å². The Bertz CT molecular complexity index is 169. The Morgan fingerprint density at radius 2 is 1.67 bits per heavy atom. The number of rotatable bonds is 8. The molecule has 3 N–H and O–H groups in total. The SMILES string of the molecule is CC(C)(CCN)OCC(C)(C)OCCO. The number of ether oxygens (including phenoxy) is 2. The summed E-state index contributed by atoms with van der Waals surface area (Å²) in [6.45, 7) is 9.42. The minimum atomic E-state index is -0.366. The van der Waals surface area contributed by atoms with Gasteiger partial charge in [0.1, 0.15) is 0 Å². The van der Waals surface area contributed by atoms with E-state index in [1.165, 1.54) is 0 Å². The van der Waals surface area contributed by atoms with Crippen LogP contribution in [-0.2, 0) is 9.47 Å². The van der Waals surface area contributed by atoms with Crippen molar-refractivity contribution in [3.05, 3.63) is 0 Å². The molecule has 0 aromatic heterocycles. The lowest BCUT2D eigenvalue weighted by molar-refractivity contribution is -0.125. The number of nitrogens with two attached hydrogens (primary N) is 1. The van der Waals surface area contributed by atoms with Gasteiger partial charge in [-0.15, -0.1) is 0 Å². The van der Waals surface area contributed by atoms with Gasteiger partial charge in [0.05, 0.1) is 31.0 Å². The minimum Gasteiger partial charge on any atom is -0.394 e. The summed E-state index contributed by atoms with van der Waals surface area (Å²) in [6, 6.07) is 0. The molecule has 0 aromatic rings. The van der Waals surface area contributed by atoms with E-state index in [0.29, 0.717) is 19.8 Å². The molecule has 0 heterocycles. The Kier molecular flexibility index (Phi) is 6.36. The number of aliphatic hydroxyl groups excluding tert-OH is 1. The second kappa shape index (κ2) is 6.43. The molecule has 0 aliphatic heterocycles. The van der Waals surface area contributed by atoms with Crippen LogP contribution in [0, 0.1) is 0 Å². The minimum absolute atomic E-state index is 0.0373. The average Bonchev–Trinajstić information content (AvgIpc) is 2.12. The summed E-state index contributed by atoms with van der Waals surface area (Å²) in [6.07, 6.45) is 0.822. The first-order valence-electron chi connectivity index (χ1n) is 5.42. The molecule has 15 heavy (non-hydrogen) atoms. The third kappa shape index (κ3) is 7.73. The second-order valence-corrected chi connectivity index (χ2v) is 4.92. The standard InChI is InChI=1S/C11H25NO3/c1-10(2,5-6-12)15-9-11(3,4)14-8-7-13/h13H,5-9,12H2,1-4H3. The predicted octanol–water partition coefficient (Wildman–Crippen LogP) is 0.918. The first kappa shape index (κ1) is 14.8. The van der Waals surface area contributed by atoms with Gasteiger partial charge in [-0.3, -0.25) is 0 Å². The fraction of sp³-hybridized carbons (Fsp3) is 1.00. The zero-order valence-electron chi connectivity index (χ0n) is 10.4. The van der Waals surface area contributed by atoms with E-state index in [0.717, 1.165) is 6.42 Å². The smallest absolute Gasteiger partial charge is 0.0860 e. The summed E-state index contributed by atoms with van der Waals surface area (Å²) in [4.78, 5) is 0. The van der Waals surface area contributed by atoms with E-state index in [9.17, 15) is 0 Å². The molecule has 0 saturated carbocycles. The van der Waals surface area contributed by atoms with Gasteiger partial charge in [-0.2, -0.15) is 0 Å². The van der Waals surface area contributed by atoms with Gasteiger partial charge in [-0.05, 0) is 40.7 Å². The maximum Gasteiger partial charge on any atom is 0.0860 e. The van der Waals surface area contributed by atoms with Crippen molar-refractivity contribution in [2.24, 2.45) is 5.73 Å². The van der Waals surface area contributed by atoms with Crippen molar-refractivity contribution in [2.75, 3.05) is 26.4 Å². The van der Waals surface area contributed by atoms with E-state index >= 15 is 0 Å². The van der Waals surface area contributed by atoms with E-state index in [2.05, 4.69) is 0 Å². The molecule has 92 valence electrons. The van der Waals surface area contributed by atoms with Crippen LogP contribution in [-0.4, -0.2) is 42.7 Å². The Morgan fingerprint density at radius 1 is 1.07 bits per heavy atom. The van der Waals surface area contributed by atoms with Gasteiger partial charge < -0.3 is 20.3 Å². The molecule has 0 atom stereocenters. The van der Waals surface area contributed by atoms with Crippen LogP contribution in [0.1, 0.15) is 34.1 Å². The maximum absolute atomic E-state index is 8.66. The van der Waals surface area contributed by atoms with Crippen molar-refractivity contribution in [3.63, 3.8) is 0 Å². The molecule has 0 aliphatic carbocycles. The second-order valence-electron chi connectivity index (χ2n) is 4.92. The Labute approximate surface area is 92.7 Å². The highest BCUT2D eigenvalue weighted by molar-refractivity contribution is 4.74. The van der Waals surface area contributed by atoms with Crippen molar-refractivity contribution in [2.45, 2.75) is 45.3 Å². The largest absolute Gasteiger partial charge is 0.394 e. The average molecular weight is 219 g/mol. The van der Waals surface area contributed by atoms with Crippen LogP contribution >= 0.6 is 0 Å². The molecule has 4 nitrogen and oxygen atoms in total. The molecule has 0 amide bonds. The van der Waals surface area contributed by atoms with Crippen LogP contribution in [0.25, 0.3) is 0 Å². The van der Waals surface area contributed by atoms with Gasteiger partial charge in [-0.25, -0.2) is 0 Å². The van der Waals surface area contributed by atoms with Crippen molar-refractivity contribution < 1.29 is 14.6 Å². The summed E-state index contributed by atoms with van der Waals surface area (Å²) in [5, 5.41) is 8.66. The Morgan fingerprint density at radius 3 is 2.13 bits per heavy atom. The van der Waals surface area contributed by atoms with E-state index in [1.54, 1.807) is 0 Å². The molecule has 0 saturated heterocycles. The summed E-state index contributed by atoms with van der Waals surface area (Å²) in [5.74, 6) is 0. The number of hydrogen-bond acceptors (Lipinski definition) is 4. The zero-order chi connectivity index (χ0) is 11.9. The van der Waals surface area contributed by atoms with Crippen molar-refractivity contribution in [3.8, 4) is 0 Å². The highest BCUT2D eigenvalue weighted by Crippen LogP contribution is 2.18. The lowest BCUT2D eigenvalue weighted by atomic mass is 10.0. The normalized spacial score (nSPS) is 13.2. The third-order valence-electron chi connectivity index (χ3n) is 2.14. The first-order valence-corrected chi connectivity index (χ1v) is 5.42. The lowest BCUT2D eigenvalue weighted by Crippen LogP contribution is -2.38. The van der Waals surface area contributed by atoms with E-state index < -0.39 is 0 Å². The molecule has 0 bridgehead atoms. The van der Waals surface area contributed by atoms with Crippen LogP contribution < -0.4 is 5.73 Å². The van der Waals surface area contributed by atoms with Gasteiger partial charge in [0, 0.05) is 0 Å². The van der Waals surface area contributed by atoms with Gasteiger partial charge in [-0.1, -0.05) is 0 Å².